The predicted octanol–water partition coefficient (Wildman–Crippen LogP) is 6.83. The van der Waals surface area contributed by atoms with Gasteiger partial charge in [-0.15, -0.1) is 0 Å². The highest BCUT2D eigenvalue weighted by Crippen LogP contribution is 2.76. The molecule has 1 aromatic rings. The minimum absolute atomic E-state index is 0.00777. The number of fused-ring (bicyclic) bond motifs is 8. The standard InChI is InChI=1S/C31H45NO4/c1-26(2)10-12-31(25(34)35)13-11-30(7)23(19(31)16-26)20(33)14-22-28(5)15-18-17-32-36-24(18)27(3,4)21(28)8-9-29(22,30)6/h17,19,21-23H,8-16H2,1-7H3,(H,34,35)/t19-,21-,22+,23-,28-,29+,30+,31-/m0/s1. The van der Waals surface area contributed by atoms with Gasteiger partial charge in [-0.3, -0.25) is 9.59 Å². The number of hydrogen-bond acceptors (Lipinski definition) is 4. The number of carbonyl (C=O) groups excluding carboxylic acids is 1. The molecule has 4 saturated carbocycles. The number of ketones is 1. The Kier molecular flexibility index (Phi) is 4.83. The smallest absolute Gasteiger partial charge is 0.309 e. The Balaban J connectivity index is 1.46. The summed E-state index contributed by atoms with van der Waals surface area (Å²) in [6.45, 7) is 16.5. The summed E-state index contributed by atoms with van der Waals surface area (Å²) >= 11 is 0. The fourth-order valence-corrected chi connectivity index (χ4v) is 11.4. The van der Waals surface area contributed by atoms with Crippen molar-refractivity contribution in [1.29, 1.82) is 0 Å². The van der Waals surface area contributed by atoms with Gasteiger partial charge in [0.15, 0.2) is 0 Å². The molecule has 5 nitrogen and oxygen atoms in total. The summed E-state index contributed by atoms with van der Waals surface area (Å²) in [5.41, 5.74) is 0.284. The van der Waals surface area contributed by atoms with Gasteiger partial charge in [-0.05, 0) is 90.8 Å². The summed E-state index contributed by atoms with van der Waals surface area (Å²) in [4.78, 5) is 27.3. The third-order valence-electron chi connectivity index (χ3n) is 13.4. The van der Waals surface area contributed by atoms with E-state index >= 15 is 0 Å². The van der Waals surface area contributed by atoms with E-state index in [4.69, 9.17) is 4.52 Å². The van der Waals surface area contributed by atoms with Crippen LogP contribution in [0, 0.1) is 50.7 Å². The van der Waals surface area contributed by atoms with E-state index in [1.807, 2.05) is 6.20 Å². The van der Waals surface area contributed by atoms with Gasteiger partial charge in [0.25, 0.3) is 0 Å². The zero-order valence-electron chi connectivity index (χ0n) is 23.4. The van der Waals surface area contributed by atoms with Crippen molar-refractivity contribution < 1.29 is 19.2 Å². The topological polar surface area (TPSA) is 80.4 Å². The second-order valence-electron chi connectivity index (χ2n) is 15.6. The summed E-state index contributed by atoms with van der Waals surface area (Å²) in [5, 5.41) is 14.7. The van der Waals surface area contributed by atoms with Crippen LogP contribution < -0.4 is 0 Å². The lowest BCUT2D eigenvalue weighted by atomic mass is 9.31. The fraction of sp³-hybridized carbons (Fsp3) is 0.839. The third kappa shape index (κ3) is 2.76. The number of carbonyl (C=O) groups is 2. The maximum atomic E-state index is 14.4. The Hall–Kier alpha value is -1.65. The SMILES string of the molecule is CC1(C)CC[C@]2(C(=O)O)CC[C@]3(C)[C@H](C(=O)C[C@@H]4[C@@]5(C)Cc6cnoc6C(C)(C)[C@@H]5CC[C@]43C)[C@@H]2C1. The Morgan fingerprint density at radius 3 is 2.36 bits per heavy atom. The summed E-state index contributed by atoms with van der Waals surface area (Å²) in [6.07, 6.45) is 9.70. The van der Waals surface area contributed by atoms with Crippen molar-refractivity contribution in [3.05, 3.63) is 17.5 Å². The van der Waals surface area contributed by atoms with E-state index in [9.17, 15) is 14.7 Å². The van der Waals surface area contributed by atoms with Crippen molar-refractivity contribution in [1.82, 2.24) is 5.16 Å². The van der Waals surface area contributed by atoms with Crippen molar-refractivity contribution in [2.45, 2.75) is 112 Å². The average molecular weight is 496 g/mol. The van der Waals surface area contributed by atoms with E-state index in [2.05, 4.69) is 53.6 Å². The number of aromatic nitrogens is 1. The lowest BCUT2D eigenvalue weighted by Gasteiger charge is -2.72. The molecule has 5 aliphatic carbocycles. The number of carboxylic acids is 1. The zero-order chi connectivity index (χ0) is 26.1. The summed E-state index contributed by atoms with van der Waals surface area (Å²) in [5.74, 6) is 1.25. The molecule has 5 heteroatoms. The van der Waals surface area contributed by atoms with E-state index in [0.717, 1.165) is 44.3 Å². The van der Waals surface area contributed by atoms with Gasteiger partial charge >= 0.3 is 5.97 Å². The summed E-state index contributed by atoms with van der Waals surface area (Å²) in [7, 11) is 0. The van der Waals surface area contributed by atoms with Crippen LogP contribution in [0.3, 0.4) is 0 Å². The molecule has 1 heterocycles. The minimum atomic E-state index is -0.732. The lowest BCUT2D eigenvalue weighted by Crippen LogP contribution is -2.69. The zero-order valence-corrected chi connectivity index (χ0v) is 23.4. The number of carboxylic acid groups (broad SMARTS) is 1. The number of rotatable bonds is 1. The molecule has 0 bridgehead atoms. The van der Waals surface area contributed by atoms with E-state index in [1.165, 1.54) is 5.56 Å². The Morgan fingerprint density at radius 2 is 1.67 bits per heavy atom. The molecule has 0 saturated heterocycles. The number of hydrogen-bond donors (Lipinski definition) is 1. The van der Waals surface area contributed by atoms with Crippen LogP contribution >= 0.6 is 0 Å². The molecular formula is C31H45NO4. The molecule has 6 rings (SSSR count). The molecule has 4 fully saturated rings. The largest absolute Gasteiger partial charge is 0.481 e. The first-order chi connectivity index (χ1) is 16.6. The highest BCUT2D eigenvalue weighted by Gasteiger charge is 2.73. The van der Waals surface area contributed by atoms with Crippen molar-refractivity contribution >= 4 is 11.8 Å². The van der Waals surface area contributed by atoms with Crippen molar-refractivity contribution in [2.75, 3.05) is 0 Å². The average Bonchev–Trinajstić information content (AvgIpc) is 3.23. The molecule has 1 N–H and O–H groups in total. The van der Waals surface area contributed by atoms with Crippen LogP contribution in [0.15, 0.2) is 10.7 Å². The summed E-state index contributed by atoms with van der Waals surface area (Å²) < 4.78 is 5.79. The Bertz CT molecular complexity index is 1130. The van der Waals surface area contributed by atoms with Gasteiger partial charge in [-0.1, -0.05) is 53.6 Å². The molecule has 8 atom stereocenters. The van der Waals surface area contributed by atoms with Crippen LogP contribution in [0.1, 0.15) is 111 Å². The molecule has 0 aliphatic heterocycles. The molecule has 0 radical (unpaired) electrons. The normalized spacial score (nSPS) is 48.6. The number of nitrogens with zero attached hydrogens (tertiary/aromatic N) is 1. The highest BCUT2D eigenvalue weighted by atomic mass is 16.5. The molecule has 5 aliphatic rings. The van der Waals surface area contributed by atoms with Gasteiger partial charge in [0.1, 0.15) is 11.5 Å². The first-order valence-electron chi connectivity index (χ1n) is 14.3. The van der Waals surface area contributed by atoms with E-state index in [0.29, 0.717) is 31.0 Å². The molecule has 198 valence electrons. The van der Waals surface area contributed by atoms with Crippen LogP contribution in [-0.4, -0.2) is 22.0 Å². The van der Waals surface area contributed by atoms with E-state index in [-0.39, 0.29) is 44.8 Å². The van der Waals surface area contributed by atoms with Gasteiger partial charge in [0.05, 0.1) is 11.6 Å². The number of Topliss-reactive ketones (excluding diaryl/α,β-unsaturated/α-hetero) is 1. The van der Waals surface area contributed by atoms with Gasteiger partial charge in [0, 0.05) is 23.3 Å². The predicted molar refractivity (Wildman–Crippen MR) is 137 cm³/mol. The monoisotopic (exact) mass is 495 g/mol. The molecule has 0 unspecified atom stereocenters. The second-order valence-corrected chi connectivity index (χ2v) is 15.6. The van der Waals surface area contributed by atoms with Gasteiger partial charge in [-0.25, -0.2) is 0 Å². The van der Waals surface area contributed by atoms with Crippen LogP contribution in [0.2, 0.25) is 0 Å². The highest BCUT2D eigenvalue weighted by molar-refractivity contribution is 5.86. The first-order valence-corrected chi connectivity index (χ1v) is 14.3. The maximum Gasteiger partial charge on any atom is 0.309 e. The van der Waals surface area contributed by atoms with Gasteiger partial charge < -0.3 is 9.63 Å². The van der Waals surface area contributed by atoms with Crippen molar-refractivity contribution in [2.24, 2.45) is 50.7 Å². The van der Waals surface area contributed by atoms with E-state index in [1.54, 1.807) is 0 Å². The quantitative estimate of drug-likeness (QED) is 0.462. The second kappa shape index (κ2) is 7.05. The Labute approximate surface area is 216 Å². The molecule has 36 heavy (non-hydrogen) atoms. The van der Waals surface area contributed by atoms with Crippen LogP contribution in [0.25, 0.3) is 0 Å². The van der Waals surface area contributed by atoms with Gasteiger partial charge in [0.2, 0.25) is 0 Å². The van der Waals surface area contributed by atoms with Crippen molar-refractivity contribution in [3.8, 4) is 0 Å². The molecule has 1 aromatic heterocycles. The van der Waals surface area contributed by atoms with Crippen LogP contribution in [0.5, 0.6) is 0 Å². The Morgan fingerprint density at radius 1 is 0.972 bits per heavy atom. The molecule has 0 spiro atoms. The maximum absolute atomic E-state index is 14.4. The first kappa shape index (κ1) is 24.7. The van der Waals surface area contributed by atoms with Crippen LogP contribution in [0.4, 0.5) is 0 Å². The fourth-order valence-electron chi connectivity index (χ4n) is 11.4. The molecule has 0 amide bonds. The molecule has 0 aromatic carbocycles. The third-order valence-corrected chi connectivity index (χ3v) is 13.4. The summed E-state index contributed by atoms with van der Waals surface area (Å²) in [6, 6.07) is 0. The number of aliphatic carboxylic acids is 1. The molecular weight excluding hydrogens is 450 g/mol. The van der Waals surface area contributed by atoms with Crippen molar-refractivity contribution in [3.63, 3.8) is 0 Å². The lowest BCUT2D eigenvalue weighted by molar-refractivity contribution is -0.230. The van der Waals surface area contributed by atoms with Crippen LogP contribution in [-0.2, 0) is 21.4 Å². The van der Waals surface area contributed by atoms with Gasteiger partial charge in [-0.2, -0.15) is 0 Å². The minimum Gasteiger partial charge on any atom is -0.481 e. The van der Waals surface area contributed by atoms with E-state index < -0.39 is 11.4 Å².